The average Bonchev–Trinajstić information content (AvgIpc) is 2.63. The van der Waals surface area contributed by atoms with Gasteiger partial charge in [0, 0.05) is 5.56 Å². The van der Waals surface area contributed by atoms with E-state index in [0.29, 0.717) is 16.7 Å². The molecule has 5 nitrogen and oxygen atoms in total. The minimum absolute atomic E-state index is 0.0348. The molecule has 3 rings (SSSR count). The Hall–Kier alpha value is -2.79. The Morgan fingerprint density at radius 3 is 2.10 bits per heavy atom. The third kappa shape index (κ3) is 2.10. The van der Waals surface area contributed by atoms with Crippen LogP contribution in [-0.4, -0.2) is 15.2 Å². The maximum absolute atomic E-state index is 12.1. The lowest BCUT2D eigenvalue weighted by molar-refractivity contribution is 0.388. The van der Waals surface area contributed by atoms with Crippen molar-refractivity contribution in [3.8, 4) is 11.3 Å². The first-order chi connectivity index (χ1) is 9.79. The van der Waals surface area contributed by atoms with Crippen LogP contribution in [0, 0.1) is 0 Å². The van der Waals surface area contributed by atoms with Gasteiger partial charge in [-0.05, 0) is 12.1 Å². The topological polar surface area (TPSA) is 75.1 Å². The SMILES string of the molecule is O=c1nc2ccccc2nc(-c2ccccc2)c1NO. The smallest absolute Gasteiger partial charge is 0.291 e. The van der Waals surface area contributed by atoms with Crippen molar-refractivity contribution in [2.45, 2.75) is 0 Å². The minimum atomic E-state index is -0.556. The normalized spacial score (nSPS) is 10.4. The molecule has 1 heterocycles. The Kier molecular flexibility index (Phi) is 3.10. The fourth-order valence-corrected chi connectivity index (χ4v) is 2.00. The number of rotatable bonds is 2. The average molecular weight is 265 g/mol. The summed E-state index contributed by atoms with van der Waals surface area (Å²) in [6, 6.07) is 16.3. The van der Waals surface area contributed by atoms with E-state index in [1.54, 1.807) is 18.2 Å². The van der Waals surface area contributed by atoms with Gasteiger partial charge in [-0.15, -0.1) is 0 Å². The lowest BCUT2D eigenvalue weighted by Gasteiger charge is -2.02. The van der Waals surface area contributed by atoms with Crippen molar-refractivity contribution in [3.05, 3.63) is 65.0 Å². The van der Waals surface area contributed by atoms with Gasteiger partial charge in [-0.3, -0.25) is 15.5 Å². The standard InChI is InChI=1S/C15H11N3O2/c19-15-14(18-20)13(10-6-2-1-3-7-10)16-11-8-4-5-9-12(11)17-15/h1-9,20H,(H,17,18,19). The summed E-state index contributed by atoms with van der Waals surface area (Å²) in [5.74, 6) is 0. The van der Waals surface area contributed by atoms with E-state index < -0.39 is 5.56 Å². The molecule has 0 spiro atoms. The molecule has 0 aliphatic carbocycles. The van der Waals surface area contributed by atoms with Crippen LogP contribution < -0.4 is 11.0 Å². The van der Waals surface area contributed by atoms with Crippen molar-refractivity contribution in [2.75, 3.05) is 5.48 Å². The molecule has 0 saturated carbocycles. The first-order valence-electron chi connectivity index (χ1n) is 6.06. The molecule has 0 aliphatic rings. The van der Waals surface area contributed by atoms with Gasteiger partial charge in [0.05, 0.1) is 11.0 Å². The summed E-state index contributed by atoms with van der Waals surface area (Å²) in [5, 5.41) is 9.25. The molecule has 0 radical (unpaired) electrons. The largest absolute Gasteiger partial charge is 0.298 e. The van der Waals surface area contributed by atoms with Crippen LogP contribution in [0.5, 0.6) is 0 Å². The maximum atomic E-state index is 12.1. The van der Waals surface area contributed by atoms with Crippen LogP contribution in [0.1, 0.15) is 0 Å². The summed E-state index contributed by atoms with van der Waals surface area (Å²) in [7, 11) is 0. The summed E-state index contributed by atoms with van der Waals surface area (Å²) in [6.07, 6.45) is 0. The van der Waals surface area contributed by atoms with Crippen LogP contribution in [0.25, 0.3) is 22.3 Å². The number of benzene rings is 2. The molecule has 2 N–H and O–H groups in total. The van der Waals surface area contributed by atoms with Crippen LogP contribution in [0.4, 0.5) is 5.69 Å². The van der Waals surface area contributed by atoms with Gasteiger partial charge in [0.25, 0.3) is 5.56 Å². The number of nitrogens with one attached hydrogen (secondary N) is 1. The molecular weight excluding hydrogens is 254 g/mol. The van der Waals surface area contributed by atoms with Crippen molar-refractivity contribution >= 4 is 16.7 Å². The highest BCUT2D eigenvalue weighted by atomic mass is 16.5. The molecule has 0 saturated heterocycles. The molecule has 0 fully saturated rings. The van der Waals surface area contributed by atoms with E-state index in [-0.39, 0.29) is 5.69 Å². The lowest BCUT2D eigenvalue weighted by atomic mass is 10.1. The molecular formula is C15H11N3O2. The Morgan fingerprint density at radius 1 is 0.850 bits per heavy atom. The van der Waals surface area contributed by atoms with Crippen LogP contribution >= 0.6 is 0 Å². The zero-order valence-electron chi connectivity index (χ0n) is 10.4. The first kappa shape index (κ1) is 12.3. The van der Waals surface area contributed by atoms with Crippen LogP contribution in [0.15, 0.2) is 59.4 Å². The Morgan fingerprint density at radius 2 is 1.45 bits per heavy atom. The van der Waals surface area contributed by atoms with Crippen molar-refractivity contribution in [1.82, 2.24) is 9.97 Å². The summed E-state index contributed by atoms with van der Waals surface area (Å²) in [6.45, 7) is 0. The Labute approximate surface area is 114 Å². The highest BCUT2D eigenvalue weighted by molar-refractivity contribution is 5.80. The second-order valence-electron chi connectivity index (χ2n) is 4.22. The highest BCUT2D eigenvalue weighted by Crippen LogP contribution is 2.23. The van der Waals surface area contributed by atoms with Gasteiger partial charge >= 0.3 is 0 Å². The van der Waals surface area contributed by atoms with Gasteiger partial charge in [0.15, 0.2) is 5.69 Å². The van der Waals surface area contributed by atoms with Gasteiger partial charge in [-0.25, -0.2) is 9.97 Å². The fraction of sp³-hybridized carbons (Fsp3) is 0. The summed E-state index contributed by atoms with van der Waals surface area (Å²) in [4.78, 5) is 20.5. The molecule has 0 unspecified atom stereocenters. The third-order valence-corrected chi connectivity index (χ3v) is 2.95. The maximum Gasteiger partial charge on any atom is 0.298 e. The number of hydrogen-bond donors (Lipinski definition) is 2. The predicted octanol–water partition coefficient (Wildman–Crippen LogP) is 2.46. The first-order valence-corrected chi connectivity index (χ1v) is 6.06. The number of hydrogen-bond acceptors (Lipinski definition) is 5. The molecule has 2 aromatic carbocycles. The minimum Gasteiger partial charge on any atom is -0.291 e. The molecule has 1 aromatic heterocycles. The van der Waals surface area contributed by atoms with E-state index in [9.17, 15) is 10.0 Å². The molecule has 3 aromatic rings. The van der Waals surface area contributed by atoms with Crippen molar-refractivity contribution < 1.29 is 5.21 Å². The Balaban J connectivity index is 2.44. The quantitative estimate of drug-likeness (QED) is 0.696. The molecule has 0 aliphatic heterocycles. The van der Waals surface area contributed by atoms with Gasteiger partial charge in [0.1, 0.15) is 5.69 Å². The predicted molar refractivity (Wildman–Crippen MR) is 76.7 cm³/mol. The van der Waals surface area contributed by atoms with Gasteiger partial charge in [-0.1, -0.05) is 42.5 Å². The number of para-hydroxylation sites is 2. The molecule has 0 atom stereocenters. The zero-order chi connectivity index (χ0) is 13.9. The number of fused-ring (bicyclic) bond motifs is 1. The molecule has 5 heteroatoms. The molecule has 0 amide bonds. The van der Waals surface area contributed by atoms with E-state index in [2.05, 4.69) is 9.97 Å². The van der Waals surface area contributed by atoms with Crippen LogP contribution in [0.2, 0.25) is 0 Å². The van der Waals surface area contributed by atoms with Crippen molar-refractivity contribution in [3.63, 3.8) is 0 Å². The monoisotopic (exact) mass is 265 g/mol. The summed E-state index contributed by atoms with van der Waals surface area (Å²) < 4.78 is 0. The van der Waals surface area contributed by atoms with E-state index in [4.69, 9.17) is 0 Å². The number of nitrogens with zero attached hydrogens (tertiary/aromatic N) is 2. The fourth-order valence-electron chi connectivity index (χ4n) is 2.00. The molecule has 0 bridgehead atoms. The van der Waals surface area contributed by atoms with E-state index in [1.807, 2.05) is 41.9 Å². The number of aromatic nitrogens is 2. The molecule has 20 heavy (non-hydrogen) atoms. The van der Waals surface area contributed by atoms with Gasteiger partial charge in [-0.2, -0.15) is 0 Å². The van der Waals surface area contributed by atoms with E-state index in [0.717, 1.165) is 5.56 Å². The van der Waals surface area contributed by atoms with Gasteiger partial charge in [0.2, 0.25) is 0 Å². The summed E-state index contributed by atoms with van der Waals surface area (Å²) in [5.41, 5.74) is 3.49. The van der Waals surface area contributed by atoms with E-state index in [1.165, 1.54) is 0 Å². The van der Waals surface area contributed by atoms with Crippen molar-refractivity contribution in [1.29, 1.82) is 0 Å². The second kappa shape index (κ2) is 5.07. The van der Waals surface area contributed by atoms with Crippen molar-refractivity contribution in [2.24, 2.45) is 0 Å². The van der Waals surface area contributed by atoms with E-state index >= 15 is 0 Å². The highest BCUT2D eigenvalue weighted by Gasteiger charge is 2.11. The Bertz CT molecular complexity index is 820. The second-order valence-corrected chi connectivity index (χ2v) is 4.22. The molecule has 98 valence electrons. The summed E-state index contributed by atoms with van der Waals surface area (Å²) >= 11 is 0. The van der Waals surface area contributed by atoms with Crippen LogP contribution in [0.3, 0.4) is 0 Å². The zero-order valence-corrected chi connectivity index (χ0v) is 10.4. The van der Waals surface area contributed by atoms with Gasteiger partial charge < -0.3 is 0 Å². The third-order valence-electron chi connectivity index (χ3n) is 2.95. The lowest BCUT2D eigenvalue weighted by Crippen LogP contribution is -2.10. The van der Waals surface area contributed by atoms with Crippen LogP contribution in [-0.2, 0) is 0 Å². The number of anilines is 1.